The number of nitrogens with zero attached hydrogens (tertiary/aromatic N) is 2. The summed E-state index contributed by atoms with van der Waals surface area (Å²) >= 11 is 0. The van der Waals surface area contributed by atoms with Gasteiger partial charge in [0.05, 0.1) is 31.1 Å². The Hall–Kier alpha value is -3.35. The van der Waals surface area contributed by atoms with Crippen LogP contribution in [-0.4, -0.2) is 37.0 Å². The predicted molar refractivity (Wildman–Crippen MR) is 132 cm³/mol. The van der Waals surface area contributed by atoms with Gasteiger partial charge in [0.1, 0.15) is 0 Å². The smallest absolute Gasteiger partial charge is 0.232 e. The van der Waals surface area contributed by atoms with Gasteiger partial charge in [0.15, 0.2) is 0 Å². The summed E-state index contributed by atoms with van der Waals surface area (Å²) in [5.74, 6) is 0. The Balaban J connectivity index is 1.54. The quantitative estimate of drug-likeness (QED) is 0.410. The van der Waals surface area contributed by atoms with Gasteiger partial charge in [-0.2, -0.15) is 0 Å². The normalized spacial score (nSPS) is 13.1. The Bertz CT molecular complexity index is 1480. The van der Waals surface area contributed by atoms with Gasteiger partial charge in [-0.1, -0.05) is 72.8 Å². The zero-order chi connectivity index (χ0) is 22.3. The maximum atomic E-state index is 12.7. The van der Waals surface area contributed by atoms with E-state index < -0.39 is 16.1 Å². The van der Waals surface area contributed by atoms with Gasteiger partial charge in [-0.05, 0) is 23.6 Å². The first-order valence-electron chi connectivity index (χ1n) is 10.5. The fraction of sp³-hybridized carbons (Fsp3) is 0.154. The number of rotatable bonds is 6. The molecule has 5 aromatic rings. The lowest BCUT2D eigenvalue weighted by Gasteiger charge is -2.27. The van der Waals surface area contributed by atoms with Gasteiger partial charge in [0.25, 0.3) is 0 Å². The number of aliphatic hydroxyl groups is 1. The molecule has 0 amide bonds. The molecule has 0 spiro atoms. The molecule has 6 heteroatoms. The Labute approximate surface area is 187 Å². The van der Waals surface area contributed by atoms with E-state index in [2.05, 4.69) is 16.7 Å². The Morgan fingerprint density at radius 2 is 1.31 bits per heavy atom. The average molecular weight is 445 g/mol. The number of benzene rings is 4. The highest BCUT2D eigenvalue weighted by molar-refractivity contribution is 7.92. The number of hydrogen-bond acceptors (Lipinski definition) is 3. The summed E-state index contributed by atoms with van der Waals surface area (Å²) in [4.78, 5) is 0. The third kappa shape index (κ3) is 3.61. The van der Waals surface area contributed by atoms with Crippen LogP contribution in [0, 0.1) is 0 Å². The summed E-state index contributed by atoms with van der Waals surface area (Å²) in [6.45, 7) is 0.248. The van der Waals surface area contributed by atoms with Crippen LogP contribution in [-0.2, 0) is 16.6 Å². The second-order valence-corrected chi connectivity index (χ2v) is 10.00. The molecule has 5 rings (SSSR count). The minimum atomic E-state index is -3.60. The topological polar surface area (TPSA) is 62.5 Å². The minimum absolute atomic E-state index is 0.0341. The van der Waals surface area contributed by atoms with Gasteiger partial charge >= 0.3 is 0 Å². The van der Waals surface area contributed by atoms with Gasteiger partial charge < -0.3 is 9.67 Å². The maximum Gasteiger partial charge on any atom is 0.232 e. The molecule has 0 unspecified atom stereocenters. The molecule has 0 bridgehead atoms. The molecular weight excluding hydrogens is 420 g/mol. The van der Waals surface area contributed by atoms with Crippen molar-refractivity contribution in [2.45, 2.75) is 12.6 Å². The molecule has 1 atom stereocenters. The molecule has 1 aromatic heterocycles. The third-order valence-electron chi connectivity index (χ3n) is 5.89. The molecule has 1 heterocycles. The van der Waals surface area contributed by atoms with Crippen LogP contribution in [0.5, 0.6) is 0 Å². The van der Waals surface area contributed by atoms with E-state index in [1.54, 1.807) is 6.07 Å². The lowest BCUT2D eigenvalue weighted by molar-refractivity contribution is 0.166. The summed E-state index contributed by atoms with van der Waals surface area (Å²) < 4.78 is 28.9. The van der Waals surface area contributed by atoms with Crippen molar-refractivity contribution in [3.63, 3.8) is 0 Å². The van der Waals surface area contributed by atoms with Crippen molar-refractivity contribution >= 4 is 48.3 Å². The van der Waals surface area contributed by atoms with E-state index in [4.69, 9.17) is 0 Å². The fourth-order valence-electron chi connectivity index (χ4n) is 4.50. The number of para-hydroxylation sites is 2. The molecule has 4 aromatic carbocycles. The van der Waals surface area contributed by atoms with Crippen molar-refractivity contribution in [1.29, 1.82) is 0 Å². The number of aromatic nitrogens is 1. The van der Waals surface area contributed by atoms with E-state index in [0.29, 0.717) is 5.69 Å². The summed E-state index contributed by atoms with van der Waals surface area (Å²) in [6, 6.07) is 29.4. The first kappa shape index (κ1) is 20.5. The lowest BCUT2D eigenvalue weighted by atomic mass is 10.1. The van der Waals surface area contributed by atoms with Crippen LogP contribution in [0.2, 0.25) is 0 Å². The standard InChI is InChI=1S/C26H24N2O3S/c1-32(30,31)28(26-16-8-10-19-9-2-3-11-21(19)26)18-20(29)17-27-24-14-6-4-12-22(24)23-13-5-7-15-25(23)27/h2-16,20,29H,17-18H2,1H3/t20-/m0/s1. The molecule has 1 N–H and O–H groups in total. The van der Waals surface area contributed by atoms with E-state index in [1.807, 2.05) is 72.8 Å². The van der Waals surface area contributed by atoms with Crippen molar-refractivity contribution in [3.05, 3.63) is 91.0 Å². The maximum absolute atomic E-state index is 12.7. The predicted octanol–water partition coefficient (Wildman–Crippen LogP) is 4.77. The molecule has 0 saturated heterocycles. The number of sulfonamides is 1. The molecule has 0 fully saturated rings. The average Bonchev–Trinajstić information content (AvgIpc) is 3.10. The summed E-state index contributed by atoms with van der Waals surface area (Å²) in [6.07, 6.45) is 0.282. The lowest BCUT2D eigenvalue weighted by Crippen LogP contribution is -2.38. The second-order valence-electron chi connectivity index (χ2n) is 8.09. The highest BCUT2D eigenvalue weighted by Gasteiger charge is 2.24. The molecular formula is C26H24N2O3S. The van der Waals surface area contributed by atoms with E-state index in [-0.39, 0.29) is 13.1 Å². The first-order valence-corrected chi connectivity index (χ1v) is 12.4. The fourth-order valence-corrected chi connectivity index (χ4v) is 5.46. The summed E-state index contributed by atoms with van der Waals surface area (Å²) in [5, 5.41) is 15.1. The van der Waals surface area contributed by atoms with Crippen molar-refractivity contribution in [2.24, 2.45) is 0 Å². The Morgan fingerprint density at radius 1 is 0.781 bits per heavy atom. The zero-order valence-corrected chi connectivity index (χ0v) is 18.5. The van der Waals surface area contributed by atoms with E-state index in [1.165, 1.54) is 10.6 Å². The van der Waals surface area contributed by atoms with Crippen LogP contribution in [0.25, 0.3) is 32.6 Å². The Morgan fingerprint density at radius 3 is 1.94 bits per heavy atom. The molecule has 0 aliphatic heterocycles. The van der Waals surface area contributed by atoms with Crippen LogP contribution >= 0.6 is 0 Å². The van der Waals surface area contributed by atoms with Gasteiger partial charge in [0, 0.05) is 27.2 Å². The largest absolute Gasteiger partial charge is 0.389 e. The van der Waals surface area contributed by atoms with Crippen LogP contribution in [0.3, 0.4) is 0 Å². The molecule has 5 nitrogen and oxygen atoms in total. The van der Waals surface area contributed by atoms with E-state index >= 15 is 0 Å². The van der Waals surface area contributed by atoms with E-state index in [9.17, 15) is 13.5 Å². The summed E-state index contributed by atoms with van der Waals surface area (Å²) in [5.41, 5.74) is 2.61. The molecule has 0 radical (unpaired) electrons. The SMILES string of the molecule is CS(=O)(=O)N(C[C@@H](O)Cn1c2ccccc2c2ccccc21)c1cccc2ccccc12. The molecule has 0 aliphatic rings. The molecule has 0 aliphatic carbocycles. The number of hydrogen-bond donors (Lipinski definition) is 1. The monoisotopic (exact) mass is 444 g/mol. The zero-order valence-electron chi connectivity index (χ0n) is 17.7. The van der Waals surface area contributed by atoms with Crippen molar-refractivity contribution in [1.82, 2.24) is 4.57 Å². The van der Waals surface area contributed by atoms with Crippen LogP contribution < -0.4 is 4.31 Å². The highest BCUT2D eigenvalue weighted by atomic mass is 32.2. The first-order chi connectivity index (χ1) is 15.4. The van der Waals surface area contributed by atoms with Crippen LogP contribution in [0.1, 0.15) is 0 Å². The number of aliphatic hydroxyl groups excluding tert-OH is 1. The third-order valence-corrected chi connectivity index (χ3v) is 7.03. The molecule has 32 heavy (non-hydrogen) atoms. The second kappa shape index (κ2) is 7.97. The van der Waals surface area contributed by atoms with E-state index in [0.717, 1.165) is 32.6 Å². The van der Waals surface area contributed by atoms with Crippen molar-refractivity contribution in [2.75, 3.05) is 17.1 Å². The van der Waals surface area contributed by atoms with Crippen molar-refractivity contribution < 1.29 is 13.5 Å². The van der Waals surface area contributed by atoms with Gasteiger partial charge in [0.2, 0.25) is 10.0 Å². The summed E-state index contributed by atoms with van der Waals surface area (Å²) in [7, 11) is -3.60. The minimum Gasteiger partial charge on any atom is -0.389 e. The van der Waals surface area contributed by atoms with Crippen LogP contribution in [0.15, 0.2) is 91.0 Å². The van der Waals surface area contributed by atoms with Crippen molar-refractivity contribution in [3.8, 4) is 0 Å². The van der Waals surface area contributed by atoms with Gasteiger partial charge in [-0.25, -0.2) is 8.42 Å². The molecule has 162 valence electrons. The number of fused-ring (bicyclic) bond motifs is 4. The molecule has 0 saturated carbocycles. The van der Waals surface area contributed by atoms with Crippen LogP contribution in [0.4, 0.5) is 5.69 Å². The highest BCUT2D eigenvalue weighted by Crippen LogP contribution is 2.31. The van der Waals surface area contributed by atoms with Gasteiger partial charge in [-0.3, -0.25) is 4.31 Å². The Kier molecular flexibility index (Phi) is 5.12. The number of anilines is 1. The van der Waals surface area contributed by atoms with Gasteiger partial charge in [-0.15, -0.1) is 0 Å².